The molecule has 1 aromatic rings. The van der Waals surface area contributed by atoms with Crippen LogP contribution in [0.25, 0.3) is 0 Å². The van der Waals surface area contributed by atoms with Crippen molar-refractivity contribution in [3.05, 3.63) is 28.8 Å². The highest BCUT2D eigenvalue weighted by molar-refractivity contribution is 6.34. The fourth-order valence-electron chi connectivity index (χ4n) is 2.72. The minimum Gasteiger partial charge on any atom is -0.481 e. The molecule has 124 valence electrons. The van der Waals surface area contributed by atoms with E-state index in [0.29, 0.717) is 18.5 Å². The van der Waals surface area contributed by atoms with Crippen LogP contribution in [0.1, 0.15) is 37.0 Å². The molecule has 1 aliphatic rings. The molecule has 7 heteroatoms. The van der Waals surface area contributed by atoms with Crippen LogP contribution in [-0.2, 0) is 9.59 Å². The Morgan fingerprint density at radius 3 is 2.61 bits per heavy atom. The van der Waals surface area contributed by atoms with Crippen molar-refractivity contribution in [2.75, 3.05) is 11.9 Å². The highest BCUT2D eigenvalue weighted by Gasteiger charge is 2.33. The molecule has 2 atom stereocenters. The zero-order valence-electron chi connectivity index (χ0n) is 13.0. The second-order valence-corrected chi connectivity index (χ2v) is 6.20. The molecule has 1 saturated heterocycles. The number of carbonyl (C=O) groups is 3. The molecule has 2 unspecified atom stereocenters. The van der Waals surface area contributed by atoms with Crippen molar-refractivity contribution in [1.29, 1.82) is 0 Å². The van der Waals surface area contributed by atoms with Crippen molar-refractivity contribution < 1.29 is 19.5 Å². The van der Waals surface area contributed by atoms with Crippen LogP contribution in [0, 0.1) is 5.92 Å². The van der Waals surface area contributed by atoms with Crippen LogP contribution in [0.4, 0.5) is 5.69 Å². The number of benzene rings is 1. The molecule has 2 rings (SSSR count). The van der Waals surface area contributed by atoms with Crippen LogP contribution in [-0.4, -0.2) is 40.4 Å². The molecule has 2 N–H and O–H groups in total. The van der Waals surface area contributed by atoms with Crippen molar-refractivity contribution in [3.63, 3.8) is 0 Å². The molecule has 6 nitrogen and oxygen atoms in total. The fourth-order valence-corrected chi connectivity index (χ4v) is 2.91. The molecule has 0 aromatic heterocycles. The van der Waals surface area contributed by atoms with Crippen molar-refractivity contribution >= 4 is 35.1 Å². The van der Waals surface area contributed by atoms with Gasteiger partial charge in [0, 0.05) is 25.2 Å². The molecule has 0 radical (unpaired) electrons. The van der Waals surface area contributed by atoms with Gasteiger partial charge in [-0.15, -0.1) is 0 Å². The van der Waals surface area contributed by atoms with Gasteiger partial charge in [0.05, 0.1) is 16.5 Å². The number of likely N-dealkylation sites (tertiary alicyclic amines) is 1. The quantitative estimate of drug-likeness (QED) is 0.887. The number of carboxylic acid groups (broad SMARTS) is 1. The lowest BCUT2D eigenvalue weighted by Crippen LogP contribution is -2.47. The molecular weight excluding hydrogens is 320 g/mol. The van der Waals surface area contributed by atoms with E-state index in [9.17, 15) is 19.5 Å². The van der Waals surface area contributed by atoms with Gasteiger partial charge in [0.25, 0.3) is 5.91 Å². The Morgan fingerprint density at radius 2 is 2.00 bits per heavy atom. The zero-order valence-corrected chi connectivity index (χ0v) is 13.8. The number of nitrogens with zero attached hydrogens (tertiary/aromatic N) is 1. The Hall–Kier alpha value is -2.08. The van der Waals surface area contributed by atoms with Gasteiger partial charge in [-0.25, -0.2) is 0 Å². The number of anilines is 1. The Bertz CT molecular complexity index is 647. The molecule has 0 spiro atoms. The van der Waals surface area contributed by atoms with E-state index in [0.717, 1.165) is 0 Å². The summed E-state index contributed by atoms with van der Waals surface area (Å²) in [6.07, 6.45) is 1.19. The second kappa shape index (κ2) is 7.00. The topological polar surface area (TPSA) is 86.7 Å². The van der Waals surface area contributed by atoms with E-state index < -0.39 is 11.9 Å². The molecular formula is C16H19ClN2O4. The number of halogens is 1. The normalized spacial score (nSPS) is 20.9. The van der Waals surface area contributed by atoms with E-state index in [4.69, 9.17) is 11.6 Å². The molecule has 1 aliphatic heterocycles. The minimum atomic E-state index is -0.896. The average Bonchev–Trinajstić information content (AvgIpc) is 2.48. The van der Waals surface area contributed by atoms with E-state index in [1.807, 2.05) is 6.92 Å². The summed E-state index contributed by atoms with van der Waals surface area (Å²) in [5.41, 5.74) is 0.737. The lowest BCUT2D eigenvalue weighted by Gasteiger charge is -2.36. The molecule has 0 bridgehead atoms. The van der Waals surface area contributed by atoms with Gasteiger partial charge in [-0.05, 0) is 38.0 Å². The van der Waals surface area contributed by atoms with Crippen LogP contribution in [0.5, 0.6) is 0 Å². The number of aliphatic carboxylic acids is 1. The first-order valence-corrected chi connectivity index (χ1v) is 7.78. The van der Waals surface area contributed by atoms with Gasteiger partial charge < -0.3 is 15.3 Å². The second-order valence-electron chi connectivity index (χ2n) is 5.79. The van der Waals surface area contributed by atoms with Gasteiger partial charge in [-0.3, -0.25) is 14.4 Å². The summed E-state index contributed by atoms with van der Waals surface area (Å²) in [5, 5.41) is 12.1. The van der Waals surface area contributed by atoms with Gasteiger partial charge in [-0.1, -0.05) is 11.6 Å². The number of amides is 2. The smallest absolute Gasteiger partial charge is 0.308 e. The van der Waals surface area contributed by atoms with Crippen LogP contribution < -0.4 is 5.32 Å². The highest BCUT2D eigenvalue weighted by Crippen LogP contribution is 2.27. The van der Waals surface area contributed by atoms with Crippen LogP contribution in [0.2, 0.25) is 5.02 Å². The maximum atomic E-state index is 12.8. The van der Waals surface area contributed by atoms with Crippen molar-refractivity contribution in [2.24, 2.45) is 5.92 Å². The number of rotatable bonds is 3. The maximum absolute atomic E-state index is 12.8. The van der Waals surface area contributed by atoms with Gasteiger partial charge in [0.1, 0.15) is 0 Å². The van der Waals surface area contributed by atoms with Crippen LogP contribution >= 0.6 is 11.6 Å². The Balaban J connectivity index is 2.27. The van der Waals surface area contributed by atoms with E-state index >= 15 is 0 Å². The van der Waals surface area contributed by atoms with Gasteiger partial charge in [0.2, 0.25) is 5.91 Å². The molecule has 1 fully saturated rings. The van der Waals surface area contributed by atoms with Crippen molar-refractivity contribution in [3.8, 4) is 0 Å². The average molecular weight is 339 g/mol. The molecule has 23 heavy (non-hydrogen) atoms. The number of piperidine rings is 1. The zero-order chi connectivity index (χ0) is 17.1. The number of hydrogen-bond donors (Lipinski definition) is 2. The summed E-state index contributed by atoms with van der Waals surface area (Å²) in [7, 11) is 0. The van der Waals surface area contributed by atoms with E-state index in [1.54, 1.807) is 17.0 Å². The summed E-state index contributed by atoms with van der Waals surface area (Å²) >= 11 is 6.12. The van der Waals surface area contributed by atoms with Crippen molar-refractivity contribution in [2.45, 2.75) is 32.7 Å². The third kappa shape index (κ3) is 4.01. The summed E-state index contributed by atoms with van der Waals surface area (Å²) in [5.74, 6) is -2.02. The van der Waals surface area contributed by atoms with Gasteiger partial charge in [0.15, 0.2) is 0 Å². The van der Waals surface area contributed by atoms with Gasteiger partial charge >= 0.3 is 5.97 Å². The Kier molecular flexibility index (Phi) is 5.26. The largest absolute Gasteiger partial charge is 0.481 e. The monoisotopic (exact) mass is 338 g/mol. The summed E-state index contributed by atoms with van der Waals surface area (Å²) < 4.78 is 0. The molecule has 0 aliphatic carbocycles. The maximum Gasteiger partial charge on any atom is 0.308 e. The fraction of sp³-hybridized carbons (Fsp3) is 0.438. The standard InChI is InChI=1S/C16H19ClN2O4/c1-9-3-4-11(16(22)23)8-19(9)15(21)13-7-12(18-10(2)20)5-6-14(13)17/h5-7,9,11H,3-4,8H2,1-2H3,(H,18,20)(H,22,23). The predicted octanol–water partition coefficient (Wildman–Crippen LogP) is 2.62. The van der Waals surface area contributed by atoms with E-state index in [2.05, 4.69) is 5.32 Å². The predicted molar refractivity (Wildman–Crippen MR) is 86.6 cm³/mol. The first kappa shape index (κ1) is 17.3. The Labute approximate surface area is 139 Å². The molecule has 2 amide bonds. The number of carbonyl (C=O) groups excluding carboxylic acids is 2. The number of hydrogen-bond acceptors (Lipinski definition) is 3. The summed E-state index contributed by atoms with van der Waals surface area (Å²) in [6, 6.07) is 4.62. The van der Waals surface area contributed by atoms with Crippen LogP contribution in [0.15, 0.2) is 18.2 Å². The third-order valence-corrected chi connectivity index (χ3v) is 4.34. The number of nitrogens with one attached hydrogen (secondary N) is 1. The SMILES string of the molecule is CC(=O)Nc1ccc(Cl)c(C(=O)N2CC(C(=O)O)CCC2C)c1. The summed E-state index contributed by atoms with van der Waals surface area (Å²) in [4.78, 5) is 36.7. The lowest BCUT2D eigenvalue weighted by atomic mass is 9.93. The molecule has 0 saturated carbocycles. The minimum absolute atomic E-state index is 0.0569. The first-order chi connectivity index (χ1) is 10.8. The number of carboxylic acids is 1. The molecule has 1 aromatic carbocycles. The first-order valence-electron chi connectivity index (χ1n) is 7.40. The summed E-state index contributed by atoms with van der Waals surface area (Å²) in [6.45, 7) is 3.43. The third-order valence-electron chi connectivity index (χ3n) is 4.01. The lowest BCUT2D eigenvalue weighted by molar-refractivity contribution is -0.143. The van der Waals surface area contributed by atoms with Gasteiger partial charge in [-0.2, -0.15) is 0 Å². The van der Waals surface area contributed by atoms with Crippen LogP contribution in [0.3, 0.4) is 0 Å². The molecule has 1 heterocycles. The van der Waals surface area contributed by atoms with E-state index in [1.165, 1.54) is 13.0 Å². The Morgan fingerprint density at radius 1 is 1.30 bits per heavy atom. The highest BCUT2D eigenvalue weighted by atomic mass is 35.5. The van der Waals surface area contributed by atoms with Crippen molar-refractivity contribution in [1.82, 2.24) is 4.90 Å². The van der Waals surface area contributed by atoms with E-state index in [-0.39, 0.29) is 35.0 Å².